The minimum Gasteiger partial charge on any atom is -0.504 e. The first-order valence-corrected chi connectivity index (χ1v) is 10.3. The number of aromatic hydroxyl groups is 1. The molecular weight excluding hydrogens is 474 g/mol. The number of thioether (sulfide) groups is 1. The van der Waals surface area contributed by atoms with Gasteiger partial charge >= 0.3 is 0 Å². The van der Waals surface area contributed by atoms with Gasteiger partial charge in [-0.05, 0) is 51.8 Å². The number of rotatable bonds is 8. The number of nitrogens with one attached hydrogen (secondary N) is 2. The lowest BCUT2D eigenvalue weighted by Gasteiger charge is -2.07. The number of nitrogens with two attached hydrogens (primary N) is 1. The van der Waals surface area contributed by atoms with Crippen LogP contribution in [-0.2, 0) is 4.79 Å². The minimum atomic E-state index is -0.207. The van der Waals surface area contributed by atoms with Gasteiger partial charge in [0.05, 0.1) is 24.8 Å². The van der Waals surface area contributed by atoms with Gasteiger partial charge in [-0.15, -0.1) is 10.2 Å². The van der Waals surface area contributed by atoms with Crippen molar-refractivity contribution in [3.8, 4) is 11.5 Å². The highest BCUT2D eigenvalue weighted by atomic mass is 79.9. The molecule has 0 fully saturated rings. The van der Waals surface area contributed by atoms with Crippen molar-refractivity contribution >= 4 is 51.4 Å². The van der Waals surface area contributed by atoms with Crippen molar-refractivity contribution in [2.24, 2.45) is 5.10 Å². The molecule has 5 N–H and O–H groups in total. The number of anilines is 2. The second-order valence-electron chi connectivity index (χ2n) is 5.79. The van der Waals surface area contributed by atoms with Crippen molar-refractivity contribution in [1.82, 2.24) is 14.9 Å². The summed E-state index contributed by atoms with van der Waals surface area (Å²) in [6.45, 7) is 0. The number of carbonyl (C=O) groups excluding carboxylic acids is 1. The largest absolute Gasteiger partial charge is 0.504 e. The molecule has 0 aliphatic heterocycles. The van der Waals surface area contributed by atoms with Gasteiger partial charge in [0.2, 0.25) is 11.1 Å². The summed E-state index contributed by atoms with van der Waals surface area (Å²) in [5.41, 5.74) is 3.99. The van der Waals surface area contributed by atoms with Crippen LogP contribution in [-0.4, -0.2) is 45.0 Å². The SMILES string of the molecule is COc1ccc(/C=N/Nc2nnc(SCC(=O)Nc3ccccc3Br)n2N)cc1O. The Labute approximate surface area is 184 Å². The first-order chi connectivity index (χ1) is 14.5. The third-order valence-electron chi connectivity index (χ3n) is 3.73. The molecule has 1 heterocycles. The Hall–Kier alpha value is -3.25. The fourth-order valence-electron chi connectivity index (χ4n) is 2.28. The van der Waals surface area contributed by atoms with E-state index in [-0.39, 0.29) is 23.4 Å². The number of carbonyl (C=O) groups is 1. The number of phenolic OH excluding ortho intramolecular Hbond substituents is 1. The number of para-hydroxylation sites is 1. The number of halogens is 1. The lowest BCUT2D eigenvalue weighted by molar-refractivity contribution is -0.113. The molecule has 0 radical (unpaired) electrons. The number of aromatic nitrogens is 3. The third kappa shape index (κ3) is 5.42. The molecule has 3 aromatic rings. The summed E-state index contributed by atoms with van der Waals surface area (Å²) >= 11 is 4.51. The first-order valence-electron chi connectivity index (χ1n) is 8.51. The summed E-state index contributed by atoms with van der Waals surface area (Å²) in [7, 11) is 1.47. The smallest absolute Gasteiger partial charge is 0.264 e. The van der Waals surface area contributed by atoms with Crippen LogP contribution in [0, 0.1) is 0 Å². The maximum Gasteiger partial charge on any atom is 0.264 e. The van der Waals surface area contributed by atoms with Gasteiger partial charge < -0.3 is 21.0 Å². The number of nitrogens with zero attached hydrogens (tertiary/aromatic N) is 4. The van der Waals surface area contributed by atoms with E-state index in [1.807, 2.05) is 18.2 Å². The number of methoxy groups -OCH3 is 1. The number of hydrogen-bond donors (Lipinski definition) is 4. The molecule has 0 aliphatic carbocycles. The van der Waals surface area contributed by atoms with Gasteiger partial charge in [0.1, 0.15) is 0 Å². The fraction of sp³-hybridized carbons (Fsp3) is 0.111. The molecule has 0 saturated carbocycles. The van der Waals surface area contributed by atoms with E-state index in [4.69, 9.17) is 10.6 Å². The Morgan fingerprint density at radius 1 is 1.37 bits per heavy atom. The van der Waals surface area contributed by atoms with Crippen LogP contribution in [0.2, 0.25) is 0 Å². The van der Waals surface area contributed by atoms with E-state index < -0.39 is 0 Å². The number of nitrogen functional groups attached to an aromatic ring is 1. The van der Waals surface area contributed by atoms with Crippen molar-refractivity contribution in [3.05, 3.63) is 52.5 Å². The van der Waals surface area contributed by atoms with Crippen LogP contribution < -0.4 is 21.3 Å². The third-order valence-corrected chi connectivity index (χ3v) is 5.36. The molecule has 0 spiro atoms. The van der Waals surface area contributed by atoms with E-state index in [9.17, 15) is 9.90 Å². The molecule has 2 aromatic carbocycles. The standard InChI is InChI=1S/C18H18BrN7O3S/c1-29-15-7-6-11(8-14(15)27)9-21-23-17-24-25-18(26(17)20)30-10-16(28)22-13-5-3-2-4-12(13)19/h2-9,27H,10,20H2,1H3,(H,22,28)(H,23,24)/b21-9+. The molecule has 1 aromatic heterocycles. The van der Waals surface area contributed by atoms with E-state index in [2.05, 4.69) is 42.0 Å². The number of hydrogen-bond acceptors (Lipinski definition) is 9. The van der Waals surface area contributed by atoms with Crippen LogP contribution in [0.1, 0.15) is 5.56 Å². The van der Waals surface area contributed by atoms with Crippen LogP contribution >= 0.6 is 27.7 Å². The minimum absolute atomic E-state index is 0.00272. The lowest BCUT2D eigenvalue weighted by Crippen LogP contribution is -2.17. The highest BCUT2D eigenvalue weighted by Gasteiger charge is 2.12. The van der Waals surface area contributed by atoms with Crippen molar-refractivity contribution in [1.29, 1.82) is 0 Å². The van der Waals surface area contributed by atoms with Gasteiger partial charge in [0.15, 0.2) is 11.5 Å². The number of ether oxygens (including phenoxy) is 1. The van der Waals surface area contributed by atoms with E-state index in [1.165, 1.54) is 24.1 Å². The lowest BCUT2D eigenvalue weighted by atomic mass is 10.2. The topological polar surface area (TPSA) is 140 Å². The number of phenols is 1. The summed E-state index contributed by atoms with van der Waals surface area (Å²) in [4.78, 5) is 12.1. The molecule has 10 nitrogen and oxygen atoms in total. The van der Waals surface area contributed by atoms with Crippen molar-refractivity contribution in [3.63, 3.8) is 0 Å². The van der Waals surface area contributed by atoms with Crippen LogP contribution in [0.5, 0.6) is 11.5 Å². The van der Waals surface area contributed by atoms with Gasteiger partial charge in [-0.1, -0.05) is 23.9 Å². The molecule has 0 unspecified atom stereocenters. The zero-order valence-corrected chi connectivity index (χ0v) is 18.1. The van der Waals surface area contributed by atoms with Crippen LogP contribution in [0.25, 0.3) is 0 Å². The molecule has 12 heteroatoms. The van der Waals surface area contributed by atoms with E-state index in [0.717, 1.165) is 16.2 Å². The molecule has 0 atom stereocenters. The van der Waals surface area contributed by atoms with E-state index >= 15 is 0 Å². The number of amides is 1. The van der Waals surface area contributed by atoms with E-state index in [0.29, 0.717) is 22.2 Å². The molecular formula is C18H18BrN7O3S. The second-order valence-corrected chi connectivity index (χ2v) is 7.59. The molecule has 0 aliphatic rings. The highest BCUT2D eigenvalue weighted by molar-refractivity contribution is 9.10. The molecule has 0 saturated heterocycles. The average molecular weight is 492 g/mol. The summed E-state index contributed by atoms with van der Waals surface area (Å²) in [6, 6.07) is 12.2. The second kappa shape index (κ2) is 9.98. The van der Waals surface area contributed by atoms with Crippen LogP contribution in [0.15, 0.2) is 57.2 Å². The monoisotopic (exact) mass is 491 g/mol. The fourth-order valence-corrected chi connectivity index (χ4v) is 3.32. The summed E-state index contributed by atoms with van der Waals surface area (Å²) in [6.07, 6.45) is 1.48. The van der Waals surface area contributed by atoms with Gasteiger partial charge in [0.25, 0.3) is 5.95 Å². The summed E-state index contributed by atoms with van der Waals surface area (Å²) < 4.78 is 6.97. The maximum atomic E-state index is 12.1. The zero-order valence-electron chi connectivity index (χ0n) is 15.7. The average Bonchev–Trinajstić information content (AvgIpc) is 3.08. The maximum absolute atomic E-state index is 12.1. The molecule has 1 amide bonds. The Kier molecular flexibility index (Phi) is 7.14. The molecule has 3 rings (SSSR count). The Bertz CT molecular complexity index is 1070. The van der Waals surface area contributed by atoms with Crippen molar-refractivity contribution in [2.45, 2.75) is 5.16 Å². The Morgan fingerprint density at radius 3 is 2.90 bits per heavy atom. The summed E-state index contributed by atoms with van der Waals surface area (Å²) in [5, 5.41) is 24.8. The van der Waals surface area contributed by atoms with Gasteiger partial charge in [-0.3, -0.25) is 4.79 Å². The first kappa shape index (κ1) is 21.5. The van der Waals surface area contributed by atoms with Crippen LogP contribution in [0.3, 0.4) is 0 Å². The van der Waals surface area contributed by atoms with Gasteiger partial charge in [0, 0.05) is 4.47 Å². The van der Waals surface area contributed by atoms with Gasteiger partial charge in [-0.2, -0.15) is 5.10 Å². The molecule has 156 valence electrons. The normalized spacial score (nSPS) is 10.9. The zero-order chi connectivity index (χ0) is 21.5. The quantitative estimate of drug-likeness (QED) is 0.163. The Morgan fingerprint density at radius 2 is 2.17 bits per heavy atom. The van der Waals surface area contributed by atoms with E-state index in [1.54, 1.807) is 18.2 Å². The molecule has 30 heavy (non-hydrogen) atoms. The molecule has 0 bridgehead atoms. The van der Waals surface area contributed by atoms with Crippen LogP contribution in [0.4, 0.5) is 11.6 Å². The Balaban J connectivity index is 1.54. The van der Waals surface area contributed by atoms with Crippen molar-refractivity contribution < 1.29 is 14.6 Å². The van der Waals surface area contributed by atoms with Crippen molar-refractivity contribution in [2.75, 3.05) is 29.4 Å². The summed E-state index contributed by atoms with van der Waals surface area (Å²) in [5.74, 6) is 6.40. The highest BCUT2D eigenvalue weighted by Crippen LogP contribution is 2.25. The predicted molar refractivity (Wildman–Crippen MR) is 120 cm³/mol. The number of hydrazone groups is 1. The van der Waals surface area contributed by atoms with Gasteiger partial charge in [-0.25, -0.2) is 10.1 Å². The number of benzene rings is 2. The predicted octanol–water partition coefficient (Wildman–Crippen LogP) is 2.65.